The minimum Gasteiger partial charge on any atom is -0.356 e. The summed E-state index contributed by atoms with van der Waals surface area (Å²) in [5, 5.41) is 5.74. The van der Waals surface area contributed by atoms with Crippen molar-refractivity contribution in [3.05, 3.63) is 36.0 Å². The van der Waals surface area contributed by atoms with Crippen LogP contribution >= 0.6 is 0 Å². The maximum atomic E-state index is 12.4. The fourth-order valence-corrected chi connectivity index (χ4v) is 3.53. The van der Waals surface area contributed by atoms with Gasteiger partial charge in [0.25, 0.3) is 0 Å². The Morgan fingerprint density at radius 3 is 2.48 bits per heavy atom. The Bertz CT molecular complexity index is 532. The van der Waals surface area contributed by atoms with Gasteiger partial charge in [-0.2, -0.15) is 0 Å². The molecule has 0 saturated heterocycles. The fourth-order valence-electron chi connectivity index (χ4n) is 3.53. The quantitative estimate of drug-likeness (QED) is 0.308. The van der Waals surface area contributed by atoms with Gasteiger partial charge in [-0.15, -0.1) is 0 Å². The normalized spacial score (nSPS) is 21.1. The van der Waals surface area contributed by atoms with Crippen LogP contribution in [-0.2, 0) is 9.59 Å². The summed E-state index contributed by atoms with van der Waals surface area (Å²) in [4.78, 5) is 23.4. The lowest BCUT2D eigenvalue weighted by Crippen LogP contribution is -2.23. The Hall–Kier alpha value is -1.75. The van der Waals surface area contributed by atoms with Gasteiger partial charge in [0.15, 0.2) is 0 Å². The summed E-state index contributed by atoms with van der Waals surface area (Å²) < 4.78 is 12.3. The molecule has 0 aromatic carbocycles. The molecule has 152 valence electrons. The Labute approximate surface area is 163 Å². The number of Topliss-reactive ketones (excluding diaryl/α,β-unsaturated/α-hetero) is 1. The predicted octanol–water partition coefficient (Wildman–Crippen LogP) is 3.90. The summed E-state index contributed by atoms with van der Waals surface area (Å²) in [5.41, 5.74) is 1.19. The standard InChI is InChI=1S/C22H35FN2O2/c1-3-18(7-4-14-23)17-19-10-12-20(13-11-19)21(26)8-5-15-25-16-6-9-22(27)24-2/h3-4,6-7,9,19-20,25H,5,8,10-17H2,1-2H3,(H,24,27)/b7-4-,9-6-,18-3+. The molecule has 27 heavy (non-hydrogen) atoms. The molecule has 1 aliphatic carbocycles. The van der Waals surface area contributed by atoms with Gasteiger partial charge in [-0.3, -0.25) is 9.59 Å². The number of hydrogen-bond donors (Lipinski definition) is 2. The second kappa shape index (κ2) is 14.3. The van der Waals surface area contributed by atoms with Gasteiger partial charge in [0.2, 0.25) is 5.91 Å². The van der Waals surface area contributed by atoms with Crippen LogP contribution in [0.5, 0.6) is 0 Å². The summed E-state index contributed by atoms with van der Waals surface area (Å²) in [7, 11) is 1.60. The molecule has 0 heterocycles. The van der Waals surface area contributed by atoms with Crippen molar-refractivity contribution in [3.63, 3.8) is 0 Å². The van der Waals surface area contributed by atoms with E-state index in [0.717, 1.165) is 45.1 Å². The molecule has 1 rings (SSSR count). The Morgan fingerprint density at radius 1 is 1.11 bits per heavy atom. The zero-order chi connectivity index (χ0) is 19.9. The zero-order valence-electron chi connectivity index (χ0n) is 16.8. The van der Waals surface area contributed by atoms with Gasteiger partial charge in [0.1, 0.15) is 12.5 Å². The number of hydrogen-bond acceptors (Lipinski definition) is 3. The largest absolute Gasteiger partial charge is 0.356 e. The van der Waals surface area contributed by atoms with Gasteiger partial charge in [-0.25, -0.2) is 4.39 Å². The van der Waals surface area contributed by atoms with Crippen molar-refractivity contribution in [1.82, 2.24) is 10.6 Å². The number of carbonyl (C=O) groups excluding carboxylic acids is 2. The highest BCUT2D eigenvalue weighted by molar-refractivity contribution is 5.87. The third kappa shape index (κ3) is 10.2. The van der Waals surface area contributed by atoms with Crippen LogP contribution in [0.3, 0.4) is 0 Å². The molecule has 0 bridgehead atoms. The monoisotopic (exact) mass is 378 g/mol. The second-order valence-corrected chi connectivity index (χ2v) is 7.13. The minimum absolute atomic E-state index is 0.109. The first kappa shape index (κ1) is 23.3. The van der Waals surface area contributed by atoms with Crippen molar-refractivity contribution in [2.24, 2.45) is 11.8 Å². The number of nitrogens with one attached hydrogen (secondary N) is 2. The number of carbonyl (C=O) groups is 2. The molecule has 1 saturated carbocycles. The number of likely N-dealkylation sites (N-methyl/N-ethyl adjacent to an activating group) is 1. The maximum Gasteiger partial charge on any atom is 0.243 e. The number of allylic oxidation sites excluding steroid dienone is 4. The summed E-state index contributed by atoms with van der Waals surface area (Å²) in [6.45, 7) is 2.99. The molecule has 1 aliphatic rings. The molecule has 0 radical (unpaired) electrons. The van der Waals surface area contributed by atoms with Crippen molar-refractivity contribution in [2.75, 3.05) is 26.8 Å². The van der Waals surface area contributed by atoms with E-state index in [2.05, 4.69) is 16.7 Å². The van der Waals surface area contributed by atoms with Crippen LogP contribution < -0.4 is 10.6 Å². The average Bonchev–Trinajstić information content (AvgIpc) is 2.70. The molecule has 0 aromatic rings. The van der Waals surface area contributed by atoms with Crippen molar-refractivity contribution < 1.29 is 14.0 Å². The molecule has 1 amide bonds. The summed E-state index contributed by atoms with van der Waals surface area (Å²) in [6, 6.07) is 0. The van der Waals surface area contributed by atoms with E-state index in [4.69, 9.17) is 0 Å². The summed E-state index contributed by atoms with van der Waals surface area (Å²) in [6.07, 6.45) is 15.4. The Morgan fingerprint density at radius 2 is 1.85 bits per heavy atom. The van der Waals surface area contributed by atoms with E-state index >= 15 is 0 Å². The molecule has 0 atom stereocenters. The lowest BCUT2D eigenvalue weighted by molar-refractivity contribution is -0.124. The first-order valence-corrected chi connectivity index (χ1v) is 10.1. The predicted molar refractivity (Wildman–Crippen MR) is 109 cm³/mol. The number of rotatable bonds is 12. The fraction of sp³-hybridized carbons (Fsp3) is 0.636. The van der Waals surface area contributed by atoms with Gasteiger partial charge in [0.05, 0.1) is 0 Å². The van der Waals surface area contributed by atoms with Crippen LogP contribution in [0, 0.1) is 11.8 Å². The van der Waals surface area contributed by atoms with Crippen molar-refractivity contribution in [3.8, 4) is 0 Å². The SMILES string of the molecule is C/C=C(\C=C/CF)CC1CCC(C(=O)CCCNC/C=C\C(=O)NC)CC1. The Kier molecular flexibility index (Phi) is 12.4. The van der Waals surface area contributed by atoms with Crippen LogP contribution in [0.2, 0.25) is 0 Å². The van der Waals surface area contributed by atoms with Crippen LogP contribution in [0.15, 0.2) is 36.0 Å². The first-order valence-electron chi connectivity index (χ1n) is 10.1. The summed E-state index contributed by atoms with van der Waals surface area (Å²) >= 11 is 0. The highest BCUT2D eigenvalue weighted by Crippen LogP contribution is 2.34. The van der Waals surface area contributed by atoms with Crippen LogP contribution in [0.25, 0.3) is 0 Å². The molecule has 4 nitrogen and oxygen atoms in total. The Balaban J connectivity index is 2.17. The van der Waals surface area contributed by atoms with Gasteiger partial charge >= 0.3 is 0 Å². The molecule has 0 aliphatic heterocycles. The molecular formula is C22H35FN2O2. The van der Waals surface area contributed by atoms with E-state index in [1.54, 1.807) is 19.2 Å². The van der Waals surface area contributed by atoms with E-state index < -0.39 is 6.67 Å². The molecule has 0 spiro atoms. The third-order valence-electron chi connectivity index (χ3n) is 5.17. The highest BCUT2D eigenvalue weighted by atomic mass is 19.1. The minimum atomic E-state index is -0.419. The molecule has 0 aromatic heterocycles. The van der Waals surface area contributed by atoms with Gasteiger partial charge < -0.3 is 10.6 Å². The van der Waals surface area contributed by atoms with Gasteiger partial charge in [0, 0.05) is 32.0 Å². The second-order valence-electron chi connectivity index (χ2n) is 7.13. The third-order valence-corrected chi connectivity index (χ3v) is 5.17. The van der Waals surface area contributed by atoms with E-state index in [0.29, 0.717) is 24.7 Å². The molecular weight excluding hydrogens is 343 g/mol. The van der Waals surface area contributed by atoms with Crippen molar-refractivity contribution >= 4 is 11.7 Å². The number of amides is 1. The van der Waals surface area contributed by atoms with E-state index in [-0.39, 0.29) is 11.8 Å². The lowest BCUT2D eigenvalue weighted by Gasteiger charge is -2.28. The van der Waals surface area contributed by atoms with Crippen LogP contribution in [0.4, 0.5) is 4.39 Å². The number of ketones is 1. The lowest BCUT2D eigenvalue weighted by atomic mass is 9.77. The van der Waals surface area contributed by atoms with Crippen molar-refractivity contribution in [2.45, 2.75) is 51.9 Å². The van der Waals surface area contributed by atoms with E-state index in [1.807, 2.05) is 13.0 Å². The van der Waals surface area contributed by atoms with E-state index in [1.165, 1.54) is 11.6 Å². The summed E-state index contributed by atoms with van der Waals surface area (Å²) in [5.74, 6) is 1.10. The van der Waals surface area contributed by atoms with Gasteiger partial charge in [-0.05, 0) is 57.9 Å². The van der Waals surface area contributed by atoms with Crippen molar-refractivity contribution in [1.29, 1.82) is 0 Å². The highest BCUT2D eigenvalue weighted by Gasteiger charge is 2.25. The zero-order valence-corrected chi connectivity index (χ0v) is 16.8. The molecule has 0 unspecified atom stereocenters. The molecule has 1 fully saturated rings. The molecule has 5 heteroatoms. The van der Waals surface area contributed by atoms with E-state index in [9.17, 15) is 14.0 Å². The smallest absolute Gasteiger partial charge is 0.243 e. The van der Waals surface area contributed by atoms with Crippen LogP contribution in [0.1, 0.15) is 51.9 Å². The topological polar surface area (TPSA) is 58.2 Å². The van der Waals surface area contributed by atoms with Gasteiger partial charge in [-0.1, -0.05) is 29.9 Å². The maximum absolute atomic E-state index is 12.4. The molecule has 2 N–H and O–H groups in total. The van der Waals surface area contributed by atoms with Crippen LogP contribution in [-0.4, -0.2) is 38.5 Å². The number of halogens is 1. The number of alkyl halides is 1. The average molecular weight is 379 g/mol. The first-order chi connectivity index (χ1) is 13.1.